The van der Waals surface area contributed by atoms with E-state index < -0.39 is 11.6 Å². The van der Waals surface area contributed by atoms with Crippen molar-refractivity contribution in [1.29, 1.82) is 0 Å². The van der Waals surface area contributed by atoms with Gasteiger partial charge in [0.1, 0.15) is 0 Å². The molecule has 0 radical (unpaired) electrons. The van der Waals surface area contributed by atoms with E-state index in [1.807, 2.05) is 6.92 Å². The van der Waals surface area contributed by atoms with E-state index in [9.17, 15) is 13.2 Å². The van der Waals surface area contributed by atoms with Crippen LogP contribution >= 0.6 is 0 Å². The second kappa shape index (κ2) is 6.51. The number of rotatable bonds is 7. The molecule has 0 rings (SSSR count). The summed E-state index contributed by atoms with van der Waals surface area (Å²) in [6, 6.07) is 0. The third-order valence-corrected chi connectivity index (χ3v) is 3.75. The van der Waals surface area contributed by atoms with E-state index >= 15 is 0 Å². The summed E-state index contributed by atoms with van der Waals surface area (Å²) in [5.74, 6) is 0.443. The molecule has 16 heavy (non-hydrogen) atoms. The molecule has 0 saturated carbocycles. The van der Waals surface area contributed by atoms with E-state index in [-0.39, 0.29) is 12.8 Å². The van der Waals surface area contributed by atoms with Crippen LogP contribution in [0.2, 0.25) is 0 Å². The zero-order valence-electron chi connectivity index (χ0n) is 11.0. The zero-order chi connectivity index (χ0) is 12.8. The zero-order valence-corrected chi connectivity index (χ0v) is 11.0. The lowest BCUT2D eigenvalue weighted by Gasteiger charge is -2.33. The van der Waals surface area contributed by atoms with Gasteiger partial charge in [-0.25, -0.2) is 0 Å². The molecule has 3 heteroatoms. The van der Waals surface area contributed by atoms with Gasteiger partial charge in [0.25, 0.3) is 0 Å². The number of hydrogen-bond donors (Lipinski definition) is 0. The summed E-state index contributed by atoms with van der Waals surface area (Å²) in [7, 11) is 0. The summed E-state index contributed by atoms with van der Waals surface area (Å²) < 4.78 is 38.8. The lowest BCUT2D eigenvalue weighted by atomic mass is 9.78. The van der Waals surface area contributed by atoms with Crippen LogP contribution in [0.5, 0.6) is 0 Å². The van der Waals surface area contributed by atoms with Crippen LogP contribution in [0.25, 0.3) is 0 Å². The van der Waals surface area contributed by atoms with E-state index in [1.54, 1.807) is 0 Å². The van der Waals surface area contributed by atoms with Crippen LogP contribution in [0.4, 0.5) is 13.2 Å². The summed E-state index contributed by atoms with van der Waals surface area (Å²) in [4.78, 5) is 0. The molecule has 0 nitrogen and oxygen atoms in total. The predicted octanol–water partition coefficient (Wildman–Crippen LogP) is 5.57. The highest BCUT2D eigenvalue weighted by Crippen LogP contribution is 2.46. The first-order valence-corrected chi connectivity index (χ1v) is 6.37. The monoisotopic (exact) mass is 238 g/mol. The fraction of sp³-hybridized carbons (Fsp3) is 1.00. The van der Waals surface area contributed by atoms with Gasteiger partial charge in [0, 0.05) is 0 Å². The Morgan fingerprint density at radius 3 is 1.75 bits per heavy atom. The van der Waals surface area contributed by atoms with E-state index in [2.05, 4.69) is 13.8 Å². The second-order valence-corrected chi connectivity index (χ2v) is 5.03. The van der Waals surface area contributed by atoms with E-state index in [4.69, 9.17) is 0 Å². The van der Waals surface area contributed by atoms with Crippen LogP contribution in [0.1, 0.15) is 66.2 Å². The lowest BCUT2D eigenvalue weighted by molar-refractivity contribution is -0.224. The molecule has 0 saturated heterocycles. The Morgan fingerprint density at radius 1 is 0.938 bits per heavy atom. The van der Waals surface area contributed by atoms with Crippen molar-refractivity contribution in [1.82, 2.24) is 0 Å². The molecule has 0 aliphatic heterocycles. The molecular formula is C13H25F3. The Morgan fingerprint density at radius 2 is 1.44 bits per heavy atom. The van der Waals surface area contributed by atoms with Gasteiger partial charge in [-0.3, -0.25) is 0 Å². The molecule has 0 aromatic rings. The number of halogens is 3. The first kappa shape index (κ1) is 15.8. The SMILES string of the molecule is CCCC(C)(CCC(CC)CC)C(F)(F)F. The highest BCUT2D eigenvalue weighted by molar-refractivity contribution is 4.82. The van der Waals surface area contributed by atoms with Gasteiger partial charge < -0.3 is 0 Å². The maximum atomic E-state index is 12.9. The van der Waals surface area contributed by atoms with Gasteiger partial charge >= 0.3 is 6.18 Å². The molecule has 0 bridgehead atoms. The number of alkyl halides is 3. The molecule has 0 spiro atoms. The van der Waals surface area contributed by atoms with Crippen molar-refractivity contribution in [2.75, 3.05) is 0 Å². The molecule has 0 aromatic heterocycles. The molecule has 0 aromatic carbocycles. The van der Waals surface area contributed by atoms with Crippen LogP contribution in [0.15, 0.2) is 0 Å². The molecule has 0 heterocycles. The maximum Gasteiger partial charge on any atom is 0.394 e. The molecule has 0 amide bonds. The minimum atomic E-state index is -4.06. The standard InChI is InChI=1S/C13H25F3/c1-5-9-12(4,13(14,15)16)10-8-11(6-2)7-3/h11H,5-10H2,1-4H3. The van der Waals surface area contributed by atoms with Crippen molar-refractivity contribution in [3.8, 4) is 0 Å². The van der Waals surface area contributed by atoms with Crippen LogP contribution in [-0.4, -0.2) is 6.18 Å². The second-order valence-electron chi connectivity index (χ2n) is 5.03. The molecule has 0 aliphatic carbocycles. The van der Waals surface area contributed by atoms with Gasteiger partial charge in [-0.15, -0.1) is 0 Å². The van der Waals surface area contributed by atoms with E-state index in [1.165, 1.54) is 6.92 Å². The topological polar surface area (TPSA) is 0 Å². The van der Waals surface area contributed by atoms with Gasteiger partial charge in [0.2, 0.25) is 0 Å². The third kappa shape index (κ3) is 4.34. The summed E-state index contributed by atoms with van der Waals surface area (Å²) in [6.45, 7) is 7.30. The predicted molar refractivity (Wildman–Crippen MR) is 62.4 cm³/mol. The van der Waals surface area contributed by atoms with Crippen molar-refractivity contribution in [2.24, 2.45) is 11.3 Å². The Bertz CT molecular complexity index is 182. The summed E-state index contributed by atoms with van der Waals surface area (Å²) in [5, 5.41) is 0. The van der Waals surface area contributed by atoms with Crippen LogP contribution < -0.4 is 0 Å². The van der Waals surface area contributed by atoms with Crippen molar-refractivity contribution in [2.45, 2.75) is 72.4 Å². The van der Waals surface area contributed by atoms with Crippen LogP contribution in [-0.2, 0) is 0 Å². The van der Waals surface area contributed by atoms with Crippen molar-refractivity contribution in [3.05, 3.63) is 0 Å². The Hall–Kier alpha value is -0.210. The molecule has 0 aliphatic rings. The summed E-state index contributed by atoms with van der Waals surface area (Å²) in [5.41, 5.74) is -1.48. The molecule has 1 unspecified atom stereocenters. The number of hydrogen-bond acceptors (Lipinski definition) is 0. The minimum Gasteiger partial charge on any atom is -0.171 e. The Kier molecular flexibility index (Phi) is 6.42. The first-order chi connectivity index (χ1) is 7.30. The quantitative estimate of drug-likeness (QED) is 0.543. The van der Waals surface area contributed by atoms with Crippen molar-refractivity contribution < 1.29 is 13.2 Å². The van der Waals surface area contributed by atoms with Crippen molar-refractivity contribution in [3.63, 3.8) is 0 Å². The highest BCUT2D eigenvalue weighted by atomic mass is 19.4. The van der Waals surface area contributed by atoms with E-state index in [0.717, 1.165) is 12.8 Å². The Balaban J connectivity index is 4.45. The van der Waals surface area contributed by atoms with Crippen molar-refractivity contribution >= 4 is 0 Å². The molecular weight excluding hydrogens is 213 g/mol. The molecule has 98 valence electrons. The Labute approximate surface area is 97.6 Å². The smallest absolute Gasteiger partial charge is 0.171 e. The van der Waals surface area contributed by atoms with Gasteiger partial charge in [0.15, 0.2) is 0 Å². The van der Waals surface area contributed by atoms with E-state index in [0.29, 0.717) is 18.8 Å². The van der Waals surface area contributed by atoms with Gasteiger partial charge in [-0.05, 0) is 25.2 Å². The van der Waals surface area contributed by atoms with Gasteiger partial charge in [0.05, 0.1) is 5.41 Å². The largest absolute Gasteiger partial charge is 0.394 e. The average Bonchev–Trinajstić information content (AvgIpc) is 2.18. The summed E-state index contributed by atoms with van der Waals surface area (Å²) >= 11 is 0. The average molecular weight is 238 g/mol. The maximum absolute atomic E-state index is 12.9. The third-order valence-electron chi connectivity index (χ3n) is 3.75. The minimum absolute atomic E-state index is 0.247. The van der Waals surface area contributed by atoms with Crippen LogP contribution in [0.3, 0.4) is 0 Å². The fourth-order valence-electron chi connectivity index (χ4n) is 2.18. The first-order valence-electron chi connectivity index (χ1n) is 6.37. The highest BCUT2D eigenvalue weighted by Gasteiger charge is 2.49. The molecule has 0 fully saturated rings. The molecule has 1 atom stereocenters. The normalized spacial score (nSPS) is 16.5. The summed E-state index contributed by atoms with van der Waals surface area (Å²) in [6.07, 6.45) is -0.280. The molecule has 0 N–H and O–H groups in total. The van der Waals surface area contributed by atoms with Gasteiger partial charge in [-0.1, -0.05) is 47.0 Å². The fourth-order valence-corrected chi connectivity index (χ4v) is 2.18. The lowest BCUT2D eigenvalue weighted by Crippen LogP contribution is -2.35. The van der Waals surface area contributed by atoms with Crippen LogP contribution in [0, 0.1) is 11.3 Å². The van der Waals surface area contributed by atoms with Gasteiger partial charge in [-0.2, -0.15) is 13.2 Å².